The number of hydrogen-bond acceptors (Lipinski definition) is 2. The summed E-state index contributed by atoms with van der Waals surface area (Å²) in [5.41, 5.74) is 0. The summed E-state index contributed by atoms with van der Waals surface area (Å²) in [6.45, 7) is 8.93. The maximum Gasteiger partial charge on any atom is 0.0731 e. The van der Waals surface area contributed by atoms with Gasteiger partial charge in [-0.05, 0) is 33.1 Å². The normalized spacial score (nSPS) is 39.4. The van der Waals surface area contributed by atoms with Gasteiger partial charge in [0, 0.05) is 12.1 Å². The minimum atomic E-state index is 0.408. The molecule has 2 heteroatoms. The van der Waals surface area contributed by atoms with Crippen LogP contribution >= 0.6 is 0 Å². The average Bonchev–Trinajstić information content (AvgIpc) is 2.25. The average molecular weight is 199 g/mol. The van der Waals surface area contributed by atoms with Crippen LogP contribution in [-0.4, -0.2) is 24.3 Å². The first-order chi connectivity index (χ1) is 6.67. The smallest absolute Gasteiger partial charge is 0.0731 e. The molecular formula is C12H25NO. The van der Waals surface area contributed by atoms with Crippen LogP contribution in [0, 0.1) is 0 Å². The SMILES string of the molecule is CCCC1OC(C)CC(C)NC1CC. The Bertz CT molecular complexity index is 160. The molecule has 4 unspecified atom stereocenters. The van der Waals surface area contributed by atoms with Crippen LogP contribution in [0.3, 0.4) is 0 Å². The van der Waals surface area contributed by atoms with Crippen LogP contribution in [0.5, 0.6) is 0 Å². The zero-order chi connectivity index (χ0) is 10.6. The van der Waals surface area contributed by atoms with Crippen molar-refractivity contribution in [3.05, 3.63) is 0 Å². The largest absolute Gasteiger partial charge is 0.374 e. The van der Waals surface area contributed by atoms with Gasteiger partial charge in [0.1, 0.15) is 0 Å². The van der Waals surface area contributed by atoms with E-state index < -0.39 is 0 Å². The Morgan fingerprint density at radius 3 is 2.57 bits per heavy atom. The Labute approximate surface area is 88.4 Å². The van der Waals surface area contributed by atoms with Gasteiger partial charge >= 0.3 is 0 Å². The first kappa shape index (κ1) is 12.0. The van der Waals surface area contributed by atoms with E-state index in [4.69, 9.17) is 4.74 Å². The van der Waals surface area contributed by atoms with Gasteiger partial charge in [-0.15, -0.1) is 0 Å². The van der Waals surface area contributed by atoms with Crippen LogP contribution in [-0.2, 0) is 4.74 Å². The fourth-order valence-electron chi connectivity index (χ4n) is 2.42. The van der Waals surface area contributed by atoms with Crippen molar-refractivity contribution in [1.82, 2.24) is 5.32 Å². The second kappa shape index (κ2) is 5.72. The highest BCUT2D eigenvalue weighted by Crippen LogP contribution is 2.19. The summed E-state index contributed by atoms with van der Waals surface area (Å²) < 4.78 is 6.06. The predicted molar refractivity (Wildman–Crippen MR) is 60.5 cm³/mol. The van der Waals surface area contributed by atoms with Crippen molar-refractivity contribution in [2.75, 3.05) is 0 Å². The molecule has 0 radical (unpaired) electrons. The quantitative estimate of drug-likeness (QED) is 0.754. The van der Waals surface area contributed by atoms with Crippen LogP contribution in [0.25, 0.3) is 0 Å². The molecule has 14 heavy (non-hydrogen) atoms. The predicted octanol–water partition coefficient (Wildman–Crippen LogP) is 2.72. The summed E-state index contributed by atoms with van der Waals surface area (Å²) in [5, 5.41) is 3.67. The first-order valence-electron chi connectivity index (χ1n) is 6.08. The monoisotopic (exact) mass is 199 g/mol. The van der Waals surface area contributed by atoms with E-state index in [0.29, 0.717) is 24.3 Å². The third-order valence-electron chi connectivity index (χ3n) is 3.05. The molecule has 1 N–H and O–H groups in total. The molecule has 0 amide bonds. The van der Waals surface area contributed by atoms with Crippen LogP contribution in [0.15, 0.2) is 0 Å². The summed E-state index contributed by atoms with van der Waals surface area (Å²) >= 11 is 0. The molecule has 2 nitrogen and oxygen atoms in total. The molecule has 1 heterocycles. The van der Waals surface area contributed by atoms with Crippen molar-refractivity contribution in [1.29, 1.82) is 0 Å². The summed E-state index contributed by atoms with van der Waals surface area (Å²) in [5.74, 6) is 0. The van der Waals surface area contributed by atoms with E-state index in [-0.39, 0.29) is 0 Å². The van der Waals surface area contributed by atoms with Gasteiger partial charge in [0.2, 0.25) is 0 Å². The molecule has 0 saturated carbocycles. The molecule has 84 valence electrons. The fourth-order valence-corrected chi connectivity index (χ4v) is 2.42. The molecule has 4 atom stereocenters. The Kier molecular flexibility index (Phi) is 4.90. The summed E-state index contributed by atoms with van der Waals surface area (Å²) in [6, 6.07) is 1.15. The van der Waals surface area contributed by atoms with E-state index in [1.165, 1.54) is 19.3 Å². The molecule has 0 aromatic heterocycles. The third kappa shape index (κ3) is 3.25. The lowest BCUT2D eigenvalue weighted by Crippen LogP contribution is -2.42. The maximum atomic E-state index is 6.06. The Morgan fingerprint density at radius 1 is 1.29 bits per heavy atom. The molecule has 0 spiro atoms. The lowest BCUT2D eigenvalue weighted by atomic mass is 10.0. The summed E-state index contributed by atoms with van der Waals surface area (Å²) in [6.07, 6.45) is 5.53. The second-order valence-corrected chi connectivity index (χ2v) is 4.59. The number of rotatable bonds is 3. The standard InChI is InChI=1S/C12H25NO/c1-5-7-12-11(6-2)13-9(3)8-10(4)14-12/h9-13H,5-8H2,1-4H3. The fraction of sp³-hybridized carbons (Fsp3) is 1.00. The van der Waals surface area contributed by atoms with Crippen LogP contribution in [0.2, 0.25) is 0 Å². The zero-order valence-corrected chi connectivity index (χ0v) is 10.0. The molecular weight excluding hydrogens is 174 g/mol. The van der Waals surface area contributed by atoms with Crippen molar-refractivity contribution in [2.45, 2.75) is 77.7 Å². The lowest BCUT2D eigenvalue weighted by molar-refractivity contribution is -0.0143. The van der Waals surface area contributed by atoms with Gasteiger partial charge in [0.25, 0.3) is 0 Å². The molecule has 1 saturated heterocycles. The summed E-state index contributed by atoms with van der Waals surface area (Å²) in [7, 11) is 0. The third-order valence-corrected chi connectivity index (χ3v) is 3.05. The Morgan fingerprint density at radius 2 is 2.00 bits per heavy atom. The van der Waals surface area contributed by atoms with E-state index >= 15 is 0 Å². The van der Waals surface area contributed by atoms with E-state index in [2.05, 4.69) is 33.0 Å². The van der Waals surface area contributed by atoms with Crippen LogP contribution in [0.1, 0.15) is 53.4 Å². The van der Waals surface area contributed by atoms with E-state index in [1.807, 2.05) is 0 Å². The van der Waals surface area contributed by atoms with Crippen molar-refractivity contribution in [2.24, 2.45) is 0 Å². The van der Waals surface area contributed by atoms with E-state index in [9.17, 15) is 0 Å². The van der Waals surface area contributed by atoms with Gasteiger partial charge < -0.3 is 10.1 Å². The molecule has 1 rings (SSSR count). The molecule has 0 bridgehead atoms. The lowest BCUT2D eigenvalue weighted by Gasteiger charge is -2.26. The number of ether oxygens (including phenoxy) is 1. The van der Waals surface area contributed by atoms with Crippen molar-refractivity contribution < 1.29 is 4.74 Å². The van der Waals surface area contributed by atoms with E-state index in [1.54, 1.807) is 0 Å². The maximum absolute atomic E-state index is 6.06. The van der Waals surface area contributed by atoms with Crippen LogP contribution in [0.4, 0.5) is 0 Å². The van der Waals surface area contributed by atoms with E-state index in [0.717, 1.165) is 6.42 Å². The molecule has 1 fully saturated rings. The minimum absolute atomic E-state index is 0.408. The Balaban J connectivity index is 2.59. The highest BCUT2D eigenvalue weighted by Gasteiger charge is 2.27. The first-order valence-corrected chi connectivity index (χ1v) is 6.08. The molecule has 1 aliphatic rings. The highest BCUT2D eigenvalue weighted by molar-refractivity contribution is 4.83. The molecule has 0 aliphatic carbocycles. The molecule has 0 aromatic rings. The van der Waals surface area contributed by atoms with Crippen molar-refractivity contribution >= 4 is 0 Å². The second-order valence-electron chi connectivity index (χ2n) is 4.59. The Hall–Kier alpha value is -0.0800. The van der Waals surface area contributed by atoms with Gasteiger partial charge in [-0.3, -0.25) is 0 Å². The van der Waals surface area contributed by atoms with Gasteiger partial charge in [0.15, 0.2) is 0 Å². The number of hydrogen-bond donors (Lipinski definition) is 1. The topological polar surface area (TPSA) is 21.3 Å². The minimum Gasteiger partial charge on any atom is -0.374 e. The number of nitrogens with one attached hydrogen (secondary N) is 1. The van der Waals surface area contributed by atoms with Gasteiger partial charge in [0.05, 0.1) is 12.2 Å². The van der Waals surface area contributed by atoms with Gasteiger partial charge in [-0.25, -0.2) is 0 Å². The van der Waals surface area contributed by atoms with Crippen LogP contribution < -0.4 is 5.32 Å². The zero-order valence-electron chi connectivity index (χ0n) is 10.0. The van der Waals surface area contributed by atoms with Gasteiger partial charge in [-0.1, -0.05) is 20.3 Å². The van der Waals surface area contributed by atoms with Crippen molar-refractivity contribution in [3.8, 4) is 0 Å². The summed E-state index contributed by atoms with van der Waals surface area (Å²) in [4.78, 5) is 0. The highest BCUT2D eigenvalue weighted by atomic mass is 16.5. The van der Waals surface area contributed by atoms with Gasteiger partial charge in [-0.2, -0.15) is 0 Å². The molecule has 0 aromatic carbocycles. The molecule has 1 aliphatic heterocycles. The van der Waals surface area contributed by atoms with Crippen molar-refractivity contribution in [3.63, 3.8) is 0 Å².